The minimum Gasteiger partial charge on any atom is -0.460 e. The third kappa shape index (κ3) is 5.63. The molecule has 3 N–H and O–H groups in total. The molecule has 3 aromatic rings. The largest absolute Gasteiger partial charge is 0.460 e. The van der Waals surface area contributed by atoms with Gasteiger partial charge in [-0.25, -0.2) is 0 Å². The second-order valence-electron chi connectivity index (χ2n) is 8.95. The van der Waals surface area contributed by atoms with Gasteiger partial charge in [0, 0.05) is 30.8 Å². The number of carbonyl (C=O) groups is 2. The lowest BCUT2D eigenvalue weighted by Crippen LogP contribution is -2.38. The molecular weight excluding hydrogens is 414 g/mol. The first-order valence-corrected chi connectivity index (χ1v) is 11.9. The number of nitrogens with zero attached hydrogens (tertiary/aromatic N) is 1. The number of hydrogen-bond acceptors (Lipinski definition) is 4. The van der Waals surface area contributed by atoms with Gasteiger partial charge in [-0.05, 0) is 49.5 Å². The molecule has 0 bridgehead atoms. The number of primary amides is 1. The lowest BCUT2D eigenvalue weighted by molar-refractivity contribution is -0.123. The predicted octanol–water partition coefficient (Wildman–Crippen LogP) is 4.40. The van der Waals surface area contributed by atoms with E-state index in [-0.39, 0.29) is 17.7 Å². The minimum absolute atomic E-state index is 0.0158. The van der Waals surface area contributed by atoms with Crippen LogP contribution in [0.2, 0.25) is 0 Å². The number of benzene rings is 2. The molecule has 2 heterocycles. The standard InChI is InChI=1S/C27H33N3O3/c1-2-3-7-24-25(22-6-4-5-8-23(22)33-24)27(32)29-17-19-9-11-20(12-10-19)18-30-15-13-21(14-16-30)26(28)31/h4-6,8-12,21H,2-3,7,13-18H2,1H3,(H2,28,31)(H,29,32). The van der Waals surface area contributed by atoms with Crippen LogP contribution in [-0.4, -0.2) is 29.8 Å². The third-order valence-electron chi connectivity index (χ3n) is 6.53. The van der Waals surface area contributed by atoms with Gasteiger partial charge in [-0.1, -0.05) is 55.8 Å². The number of aryl methyl sites for hydroxylation is 1. The molecule has 0 unspecified atom stereocenters. The van der Waals surface area contributed by atoms with E-state index in [2.05, 4.69) is 41.4 Å². The van der Waals surface area contributed by atoms with Gasteiger partial charge >= 0.3 is 0 Å². The van der Waals surface area contributed by atoms with Crippen LogP contribution in [0.5, 0.6) is 0 Å². The van der Waals surface area contributed by atoms with Crippen molar-refractivity contribution in [1.82, 2.24) is 10.2 Å². The fraction of sp³-hybridized carbons (Fsp3) is 0.407. The fourth-order valence-electron chi connectivity index (χ4n) is 4.53. The third-order valence-corrected chi connectivity index (χ3v) is 6.53. The van der Waals surface area contributed by atoms with E-state index in [4.69, 9.17) is 10.2 Å². The molecule has 1 fully saturated rings. The van der Waals surface area contributed by atoms with Crippen molar-refractivity contribution in [3.63, 3.8) is 0 Å². The van der Waals surface area contributed by atoms with Crippen LogP contribution in [0.15, 0.2) is 52.9 Å². The summed E-state index contributed by atoms with van der Waals surface area (Å²) in [7, 11) is 0. The first-order valence-electron chi connectivity index (χ1n) is 11.9. The maximum absolute atomic E-state index is 13.1. The van der Waals surface area contributed by atoms with Gasteiger partial charge in [-0.3, -0.25) is 14.5 Å². The number of hydrogen-bond donors (Lipinski definition) is 2. The van der Waals surface area contributed by atoms with Crippen LogP contribution < -0.4 is 11.1 Å². The molecule has 6 heteroatoms. The van der Waals surface area contributed by atoms with E-state index in [0.717, 1.165) is 74.0 Å². The van der Waals surface area contributed by atoms with E-state index >= 15 is 0 Å². The molecule has 1 saturated heterocycles. The Bertz CT molecular complexity index is 1100. The van der Waals surface area contributed by atoms with Gasteiger partial charge in [0.2, 0.25) is 5.91 Å². The molecule has 0 atom stereocenters. The number of rotatable bonds is 9. The Morgan fingerprint density at radius 3 is 2.45 bits per heavy atom. The SMILES string of the molecule is CCCCc1oc2ccccc2c1C(=O)NCc1ccc(CN2CCC(C(N)=O)CC2)cc1. The second-order valence-corrected chi connectivity index (χ2v) is 8.95. The number of piperidine rings is 1. The Morgan fingerprint density at radius 1 is 1.06 bits per heavy atom. The summed E-state index contributed by atoms with van der Waals surface area (Å²) in [5, 5.41) is 3.95. The summed E-state index contributed by atoms with van der Waals surface area (Å²) in [5.74, 6) is 0.516. The summed E-state index contributed by atoms with van der Waals surface area (Å²) in [6.45, 7) is 5.25. The number of unbranched alkanes of at least 4 members (excludes halogenated alkanes) is 1. The summed E-state index contributed by atoms with van der Waals surface area (Å²) >= 11 is 0. The van der Waals surface area contributed by atoms with Crippen molar-refractivity contribution in [3.05, 3.63) is 71.0 Å². The van der Waals surface area contributed by atoms with Crippen LogP contribution >= 0.6 is 0 Å². The van der Waals surface area contributed by atoms with Crippen molar-refractivity contribution < 1.29 is 14.0 Å². The number of fused-ring (bicyclic) bond motifs is 1. The molecule has 0 spiro atoms. The molecule has 4 rings (SSSR count). The van der Waals surface area contributed by atoms with Crippen molar-refractivity contribution in [2.45, 2.75) is 52.1 Å². The Morgan fingerprint density at radius 2 is 1.76 bits per heavy atom. The molecule has 6 nitrogen and oxygen atoms in total. The molecule has 174 valence electrons. The zero-order valence-electron chi connectivity index (χ0n) is 19.3. The van der Waals surface area contributed by atoms with E-state index in [1.807, 2.05) is 24.3 Å². The van der Waals surface area contributed by atoms with Gasteiger partial charge in [0.25, 0.3) is 5.91 Å². The maximum Gasteiger partial charge on any atom is 0.255 e. The first-order chi connectivity index (χ1) is 16.0. The highest BCUT2D eigenvalue weighted by atomic mass is 16.3. The Balaban J connectivity index is 1.35. The molecule has 2 amide bonds. The summed E-state index contributed by atoms with van der Waals surface area (Å²) in [6, 6.07) is 16.1. The van der Waals surface area contributed by atoms with Gasteiger partial charge in [0.1, 0.15) is 11.3 Å². The number of furan rings is 1. The lowest BCUT2D eigenvalue weighted by atomic mass is 9.96. The van der Waals surface area contributed by atoms with E-state index < -0.39 is 0 Å². The predicted molar refractivity (Wildman–Crippen MR) is 130 cm³/mol. The van der Waals surface area contributed by atoms with Gasteiger partial charge in [-0.2, -0.15) is 0 Å². The molecule has 0 radical (unpaired) electrons. The van der Waals surface area contributed by atoms with E-state index in [9.17, 15) is 9.59 Å². The van der Waals surface area contributed by atoms with Crippen molar-refractivity contribution in [1.29, 1.82) is 0 Å². The molecule has 1 aliphatic heterocycles. The highest BCUT2D eigenvalue weighted by molar-refractivity contribution is 6.07. The highest BCUT2D eigenvalue weighted by Crippen LogP contribution is 2.27. The monoisotopic (exact) mass is 447 g/mol. The van der Waals surface area contributed by atoms with Crippen LogP contribution in [0, 0.1) is 5.92 Å². The zero-order valence-corrected chi connectivity index (χ0v) is 19.3. The van der Waals surface area contributed by atoms with Gasteiger partial charge in [-0.15, -0.1) is 0 Å². The number of likely N-dealkylation sites (tertiary alicyclic amines) is 1. The average molecular weight is 448 g/mol. The summed E-state index contributed by atoms with van der Waals surface area (Å²) in [5.41, 5.74) is 9.14. The number of carbonyl (C=O) groups excluding carboxylic acids is 2. The van der Waals surface area contributed by atoms with Crippen LogP contribution in [-0.2, 0) is 24.3 Å². The van der Waals surface area contributed by atoms with Crippen molar-refractivity contribution in [2.75, 3.05) is 13.1 Å². The quantitative estimate of drug-likeness (QED) is 0.509. The van der Waals surface area contributed by atoms with Gasteiger partial charge in [0.05, 0.1) is 5.56 Å². The smallest absolute Gasteiger partial charge is 0.255 e. The highest BCUT2D eigenvalue weighted by Gasteiger charge is 2.23. The van der Waals surface area contributed by atoms with Crippen molar-refractivity contribution >= 4 is 22.8 Å². The van der Waals surface area contributed by atoms with Crippen molar-refractivity contribution in [3.8, 4) is 0 Å². The van der Waals surface area contributed by atoms with E-state index in [1.54, 1.807) is 0 Å². The van der Waals surface area contributed by atoms with Crippen LogP contribution in [0.1, 0.15) is 59.9 Å². The maximum atomic E-state index is 13.1. The Hall–Kier alpha value is -3.12. The summed E-state index contributed by atoms with van der Waals surface area (Å²) in [6.07, 6.45) is 4.47. The van der Waals surface area contributed by atoms with Crippen LogP contribution in [0.4, 0.5) is 0 Å². The molecule has 1 aliphatic rings. The Kier molecular flexibility index (Phi) is 7.45. The molecule has 33 heavy (non-hydrogen) atoms. The number of nitrogens with one attached hydrogen (secondary N) is 1. The lowest BCUT2D eigenvalue weighted by Gasteiger charge is -2.30. The molecule has 2 aromatic carbocycles. The summed E-state index contributed by atoms with van der Waals surface area (Å²) in [4.78, 5) is 26.8. The minimum atomic E-state index is -0.179. The first kappa shape index (κ1) is 23.1. The molecule has 0 saturated carbocycles. The zero-order chi connectivity index (χ0) is 23.2. The average Bonchev–Trinajstić information content (AvgIpc) is 3.21. The van der Waals surface area contributed by atoms with Crippen LogP contribution in [0.3, 0.4) is 0 Å². The molecule has 0 aliphatic carbocycles. The van der Waals surface area contributed by atoms with Crippen molar-refractivity contribution in [2.24, 2.45) is 11.7 Å². The molecular formula is C27H33N3O3. The van der Waals surface area contributed by atoms with E-state index in [1.165, 1.54) is 5.56 Å². The Labute approximate surface area is 195 Å². The van der Waals surface area contributed by atoms with Gasteiger partial charge < -0.3 is 15.5 Å². The number of nitrogens with two attached hydrogens (primary N) is 1. The number of amides is 2. The number of para-hydroxylation sites is 1. The normalized spacial score (nSPS) is 15.1. The second kappa shape index (κ2) is 10.7. The topological polar surface area (TPSA) is 88.6 Å². The van der Waals surface area contributed by atoms with E-state index in [0.29, 0.717) is 12.1 Å². The van der Waals surface area contributed by atoms with Gasteiger partial charge in [0.15, 0.2) is 0 Å². The molecule has 1 aromatic heterocycles. The summed E-state index contributed by atoms with van der Waals surface area (Å²) < 4.78 is 5.99. The van der Waals surface area contributed by atoms with Crippen LogP contribution in [0.25, 0.3) is 11.0 Å². The fourth-order valence-corrected chi connectivity index (χ4v) is 4.53.